The second-order valence-corrected chi connectivity index (χ2v) is 9.04. The largest absolute Gasteiger partial charge is 0.475 e. The standard InChI is InChI=1S/C17H21N2O7PS/c1-17(21)14-12(25-15(17)19-8-7-13(20)18-16(19)28)10-24-27(22,26-14)23-9-11-5-3-2-4-6-11/h2-8,12,14-16,21,28H,9-10H2,1H3,(H,18,20)/t12-,14?,15-,16?,17?,27?/m1/s1. The quantitative estimate of drug-likeness (QED) is 0.488. The number of fused-ring (bicyclic) bond motifs is 1. The van der Waals surface area contributed by atoms with Crippen molar-refractivity contribution in [1.29, 1.82) is 0 Å². The maximum absolute atomic E-state index is 12.9. The third-order valence-corrected chi connectivity index (χ3v) is 6.60. The fraction of sp³-hybridized carbons (Fsp3) is 0.471. The van der Waals surface area contributed by atoms with Crippen LogP contribution in [0.1, 0.15) is 12.5 Å². The highest BCUT2D eigenvalue weighted by Crippen LogP contribution is 2.58. The van der Waals surface area contributed by atoms with Gasteiger partial charge in [0.25, 0.3) is 0 Å². The number of benzene rings is 1. The Kier molecular flexibility index (Phi) is 5.30. The molecule has 11 heteroatoms. The third kappa shape index (κ3) is 3.73. The van der Waals surface area contributed by atoms with Crippen molar-refractivity contribution in [3.05, 3.63) is 48.2 Å². The smallest absolute Gasteiger partial charge is 0.383 e. The molecule has 0 bridgehead atoms. The minimum Gasteiger partial charge on any atom is -0.383 e. The molecule has 3 aliphatic rings. The Hall–Kier alpha value is -1.39. The summed E-state index contributed by atoms with van der Waals surface area (Å²) in [6, 6.07) is 9.20. The predicted molar refractivity (Wildman–Crippen MR) is 101 cm³/mol. The van der Waals surface area contributed by atoms with Gasteiger partial charge in [0.05, 0.1) is 13.2 Å². The van der Waals surface area contributed by atoms with Crippen molar-refractivity contribution in [1.82, 2.24) is 10.2 Å². The first-order valence-corrected chi connectivity index (χ1v) is 10.7. The Morgan fingerprint density at radius 2 is 2.18 bits per heavy atom. The average molecular weight is 428 g/mol. The molecule has 4 rings (SSSR count). The van der Waals surface area contributed by atoms with Crippen LogP contribution >= 0.6 is 20.5 Å². The highest BCUT2D eigenvalue weighted by atomic mass is 32.1. The molecule has 0 radical (unpaired) electrons. The van der Waals surface area contributed by atoms with Crippen molar-refractivity contribution in [3.63, 3.8) is 0 Å². The highest BCUT2D eigenvalue weighted by Gasteiger charge is 2.61. The summed E-state index contributed by atoms with van der Waals surface area (Å²) >= 11 is 4.31. The predicted octanol–water partition coefficient (Wildman–Crippen LogP) is 1.36. The molecule has 152 valence electrons. The molecule has 28 heavy (non-hydrogen) atoms. The van der Waals surface area contributed by atoms with E-state index in [0.29, 0.717) is 0 Å². The fourth-order valence-corrected chi connectivity index (χ4v) is 5.17. The summed E-state index contributed by atoms with van der Waals surface area (Å²) in [4.78, 5) is 13.0. The number of phosphoric ester groups is 1. The molecule has 0 spiro atoms. The number of nitrogens with one attached hydrogen (secondary N) is 1. The van der Waals surface area contributed by atoms with Crippen molar-refractivity contribution in [2.24, 2.45) is 0 Å². The van der Waals surface area contributed by atoms with Crippen LogP contribution in [0.25, 0.3) is 0 Å². The monoisotopic (exact) mass is 428 g/mol. The van der Waals surface area contributed by atoms with Gasteiger partial charge < -0.3 is 20.1 Å². The van der Waals surface area contributed by atoms with Crippen molar-refractivity contribution in [2.45, 2.75) is 43.1 Å². The normalized spacial score (nSPS) is 40.2. The Labute approximate surface area is 167 Å². The lowest BCUT2D eigenvalue weighted by atomic mass is 9.96. The molecule has 1 aromatic rings. The van der Waals surface area contributed by atoms with E-state index in [-0.39, 0.29) is 19.1 Å². The molecule has 3 aliphatic heterocycles. The van der Waals surface area contributed by atoms with E-state index in [9.17, 15) is 14.5 Å². The number of thiol groups is 1. The lowest BCUT2D eigenvalue weighted by Crippen LogP contribution is -2.58. The van der Waals surface area contributed by atoms with E-state index in [1.54, 1.807) is 4.90 Å². The number of nitrogens with zero attached hydrogens (tertiary/aromatic N) is 1. The van der Waals surface area contributed by atoms with Gasteiger partial charge in [-0.1, -0.05) is 30.3 Å². The van der Waals surface area contributed by atoms with Gasteiger partial charge in [0, 0.05) is 12.3 Å². The zero-order chi connectivity index (χ0) is 19.9. The van der Waals surface area contributed by atoms with Crippen LogP contribution in [0.4, 0.5) is 0 Å². The van der Waals surface area contributed by atoms with Crippen LogP contribution in [-0.2, 0) is 34.3 Å². The van der Waals surface area contributed by atoms with Gasteiger partial charge in [0.15, 0.2) is 6.23 Å². The van der Waals surface area contributed by atoms with Crippen LogP contribution in [0.15, 0.2) is 42.6 Å². The van der Waals surface area contributed by atoms with Crippen LogP contribution in [0.5, 0.6) is 0 Å². The first kappa shape index (κ1) is 19.9. The van der Waals surface area contributed by atoms with Crippen molar-refractivity contribution in [3.8, 4) is 0 Å². The first-order valence-electron chi connectivity index (χ1n) is 8.72. The molecule has 0 saturated carbocycles. The van der Waals surface area contributed by atoms with Crippen LogP contribution in [0.2, 0.25) is 0 Å². The molecule has 3 heterocycles. The zero-order valence-corrected chi connectivity index (χ0v) is 16.8. The number of aliphatic hydroxyl groups is 1. The van der Waals surface area contributed by atoms with Gasteiger partial charge in [0.2, 0.25) is 5.91 Å². The molecule has 0 aromatic heterocycles. The first-order chi connectivity index (χ1) is 13.3. The van der Waals surface area contributed by atoms with Gasteiger partial charge in [-0.05, 0) is 12.5 Å². The summed E-state index contributed by atoms with van der Waals surface area (Å²) in [7, 11) is -3.89. The van der Waals surface area contributed by atoms with Crippen molar-refractivity contribution >= 4 is 26.4 Å². The maximum atomic E-state index is 12.9. The molecule has 1 aromatic carbocycles. The van der Waals surface area contributed by atoms with Gasteiger partial charge in [-0.2, -0.15) is 0 Å². The average Bonchev–Trinajstić information content (AvgIpc) is 2.91. The van der Waals surface area contributed by atoms with E-state index in [2.05, 4.69) is 17.9 Å². The van der Waals surface area contributed by atoms with Gasteiger partial charge in [-0.15, -0.1) is 12.6 Å². The molecule has 6 atom stereocenters. The minimum absolute atomic E-state index is 0.0432. The number of hydrogen-bond acceptors (Lipinski definition) is 9. The van der Waals surface area contributed by atoms with Gasteiger partial charge in [0.1, 0.15) is 23.3 Å². The molecule has 2 saturated heterocycles. The summed E-state index contributed by atoms with van der Waals surface area (Å²) in [6.45, 7) is 1.49. The number of phosphoric acid groups is 1. The number of carbonyl (C=O) groups excluding carboxylic acids is 1. The Balaban J connectivity index is 1.48. The van der Waals surface area contributed by atoms with E-state index in [0.717, 1.165) is 5.56 Å². The molecule has 2 fully saturated rings. The van der Waals surface area contributed by atoms with E-state index in [4.69, 9.17) is 18.3 Å². The van der Waals surface area contributed by atoms with Crippen LogP contribution in [0.3, 0.4) is 0 Å². The second kappa shape index (κ2) is 7.46. The molecule has 1 amide bonds. The molecule has 2 N–H and O–H groups in total. The number of amides is 1. The summed E-state index contributed by atoms with van der Waals surface area (Å²) in [6.07, 6.45) is 0.290. The highest BCUT2D eigenvalue weighted by molar-refractivity contribution is 7.80. The fourth-order valence-electron chi connectivity index (χ4n) is 3.39. The third-order valence-electron chi connectivity index (χ3n) is 4.81. The summed E-state index contributed by atoms with van der Waals surface area (Å²) in [5, 5.41) is 13.7. The van der Waals surface area contributed by atoms with Crippen molar-refractivity contribution in [2.75, 3.05) is 6.61 Å². The topological polar surface area (TPSA) is 107 Å². The van der Waals surface area contributed by atoms with E-state index in [1.807, 2.05) is 30.3 Å². The lowest BCUT2D eigenvalue weighted by Gasteiger charge is -2.40. The molecule has 9 nitrogen and oxygen atoms in total. The minimum atomic E-state index is -3.89. The van der Waals surface area contributed by atoms with E-state index in [1.165, 1.54) is 19.2 Å². The zero-order valence-electron chi connectivity index (χ0n) is 15.0. The van der Waals surface area contributed by atoms with E-state index < -0.39 is 37.4 Å². The summed E-state index contributed by atoms with van der Waals surface area (Å²) in [5.41, 5.74) is -1.45. The van der Waals surface area contributed by atoms with Crippen LogP contribution in [-0.4, -0.2) is 52.1 Å². The molecular formula is C17H21N2O7PS. The Bertz CT molecular complexity index is 821. The Morgan fingerprint density at radius 3 is 2.89 bits per heavy atom. The van der Waals surface area contributed by atoms with Gasteiger partial charge >= 0.3 is 7.82 Å². The summed E-state index contributed by atoms with van der Waals surface area (Å²) in [5.74, 6) is -0.301. The SMILES string of the molecule is CC1(O)C2OP(=O)(OCc3ccccc3)OC[C@H]2O[C@H]1N1C=CC(=O)NC1S. The van der Waals surface area contributed by atoms with Crippen molar-refractivity contribution < 1.29 is 32.8 Å². The number of rotatable bonds is 4. The molecular weight excluding hydrogens is 407 g/mol. The molecule has 4 unspecified atom stereocenters. The van der Waals surface area contributed by atoms with Gasteiger partial charge in [-0.25, -0.2) is 4.57 Å². The second-order valence-electron chi connectivity index (χ2n) is 6.93. The Morgan fingerprint density at radius 1 is 1.43 bits per heavy atom. The lowest BCUT2D eigenvalue weighted by molar-refractivity contribution is -0.132. The number of hydrogen-bond donors (Lipinski definition) is 3. The van der Waals surface area contributed by atoms with E-state index >= 15 is 0 Å². The van der Waals surface area contributed by atoms with Crippen LogP contribution < -0.4 is 5.32 Å². The maximum Gasteiger partial charge on any atom is 0.475 e. The summed E-state index contributed by atoms with van der Waals surface area (Å²) < 4.78 is 35.1. The van der Waals surface area contributed by atoms with Crippen LogP contribution in [0, 0.1) is 0 Å². The number of carbonyl (C=O) groups is 1. The van der Waals surface area contributed by atoms with Gasteiger partial charge in [-0.3, -0.25) is 18.4 Å². The molecule has 0 aliphatic carbocycles. The number of ether oxygens (including phenoxy) is 1.